The molecular weight excluding hydrogens is 268 g/mol. The topological polar surface area (TPSA) is 91.6 Å². The van der Waals surface area contributed by atoms with Gasteiger partial charge in [-0.2, -0.15) is 0 Å². The molecule has 6 nitrogen and oxygen atoms in total. The van der Waals surface area contributed by atoms with Crippen molar-refractivity contribution in [3.63, 3.8) is 0 Å². The van der Waals surface area contributed by atoms with Gasteiger partial charge in [-0.25, -0.2) is 0 Å². The summed E-state index contributed by atoms with van der Waals surface area (Å²) in [6, 6.07) is 3.03. The van der Waals surface area contributed by atoms with Crippen LogP contribution in [-0.4, -0.2) is 30.4 Å². The van der Waals surface area contributed by atoms with Crippen LogP contribution in [0, 0.1) is 5.41 Å². The standard InChI is InChI=1S/C12H12N2O4S/c1-17-6-3-8(15)7(9(4-6)18-2)5-10-11(16)14-12(13)19-10/h3-5,15H,1-2H3,(H2,13,14,16)/b10-5-. The lowest BCUT2D eigenvalue weighted by atomic mass is 10.1. The molecule has 100 valence electrons. The average molecular weight is 280 g/mol. The number of nitrogens with one attached hydrogen (secondary N) is 2. The summed E-state index contributed by atoms with van der Waals surface area (Å²) in [5, 5.41) is 19.7. The van der Waals surface area contributed by atoms with E-state index in [1.165, 1.54) is 26.4 Å². The first-order chi connectivity index (χ1) is 9.05. The Morgan fingerprint density at radius 3 is 2.63 bits per heavy atom. The molecule has 0 atom stereocenters. The van der Waals surface area contributed by atoms with Crippen LogP contribution in [0.15, 0.2) is 17.0 Å². The molecular formula is C12H12N2O4S. The first-order valence-corrected chi connectivity index (χ1v) is 6.11. The van der Waals surface area contributed by atoms with Gasteiger partial charge in [-0.3, -0.25) is 10.2 Å². The van der Waals surface area contributed by atoms with E-state index < -0.39 is 0 Å². The first-order valence-electron chi connectivity index (χ1n) is 5.29. The summed E-state index contributed by atoms with van der Waals surface area (Å²) < 4.78 is 10.2. The maximum atomic E-state index is 11.5. The van der Waals surface area contributed by atoms with Gasteiger partial charge in [0.1, 0.15) is 17.2 Å². The second-order valence-electron chi connectivity index (χ2n) is 3.66. The number of rotatable bonds is 3. The molecule has 1 aromatic carbocycles. The minimum absolute atomic E-state index is 0.0585. The Hall–Kier alpha value is -2.15. The van der Waals surface area contributed by atoms with Gasteiger partial charge in [-0.1, -0.05) is 0 Å². The molecule has 7 heteroatoms. The molecule has 0 radical (unpaired) electrons. The lowest BCUT2D eigenvalue weighted by Gasteiger charge is -2.10. The normalized spacial score (nSPS) is 16.6. The Bertz CT molecular complexity index is 583. The van der Waals surface area contributed by atoms with Crippen LogP contribution in [0.4, 0.5) is 0 Å². The fourth-order valence-corrected chi connectivity index (χ4v) is 2.28. The number of phenolic OH excluding ortho intramolecular Hbond substituents is 1. The highest BCUT2D eigenvalue weighted by molar-refractivity contribution is 8.18. The molecule has 1 fully saturated rings. The van der Waals surface area contributed by atoms with Crippen molar-refractivity contribution in [2.75, 3.05) is 14.2 Å². The molecule has 1 aromatic rings. The van der Waals surface area contributed by atoms with Gasteiger partial charge >= 0.3 is 0 Å². The van der Waals surface area contributed by atoms with Crippen LogP contribution in [0.5, 0.6) is 17.2 Å². The van der Waals surface area contributed by atoms with Crippen molar-refractivity contribution in [3.8, 4) is 17.2 Å². The molecule has 19 heavy (non-hydrogen) atoms. The molecule has 0 aromatic heterocycles. The lowest BCUT2D eigenvalue weighted by molar-refractivity contribution is -0.115. The van der Waals surface area contributed by atoms with E-state index in [2.05, 4.69) is 5.32 Å². The van der Waals surface area contributed by atoms with E-state index in [0.29, 0.717) is 22.0 Å². The number of amidine groups is 1. The third kappa shape index (κ3) is 2.65. The van der Waals surface area contributed by atoms with Crippen molar-refractivity contribution < 1.29 is 19.4 Å². The summed E-state index contributed by atoms with van der Waals surface area (Å²) in [5.74, 6) is 0.409. The fourth-order valence-electron chi connectivity index (χ4n) is 1.59. The predicted octanol–water partition coefficient (Wildman–Crippen LogP) is 1.55. The highest BCUT2D eigenvalue weighted by Crippen LogP contribution is 2.37. The average Bonchev–Trinajstić information content (AvgIpc) is 2.69. The Balaban J connectivity index is 2.48. The van der Waals surface area contributed by atoms with Gasteiger partial charge in [0.2, 0.25) is 0 Å². The molecule has 3 N–H and O–H groups in total. The molecule has 1 saturated heterocycles. The predicted molar refractivity (Wildman–Crippen MR) is 72.6 cm³/mol. The van der Waals surface area contributed by atoms with Crippen LogP contribution < -0.4 is 14.8 Å². The Kier molecular flexibility index (Phi) is 3.66. The van der Waals surface area contributed by atoms with E-state index in [1.54, 1.807) is 6.07 Å². The van der Waals surface area contributed by atoms with Crippen LogP contribution in [0.25, 0.3) is 6.08 Å². The van der Waals surface area contributed by atoms with Gasteiger partial charge in [0.25, 0.3) is 5.91 Å². The molecule has 2 rings (SSSR count). The van der Waals surface area contributed by atoms with Gasteiger partial charge in [0.15, 0.2) is 5.17 Å². The maximum absolute atomic E-state index is 11.5. The van der Waals surface area contributed by atoms with Crippen LogP contribution >= 0.6 is 11.8 Å². The van der Waals surface area contributed by atoms with Crippen LogP contribution in [0.2, 0.25) is 0 Å². The van der Waals surface area contributed by atoms with Crippen molar-refractivity contribution in [1.29, 1.82) is 5.41 Å². The van der Waals surface area contributed by atoms with Crippen molar-refractivity contribution in [1.82, 2.24) is 5.32 Å². The number of thioether (sulfide) groups is 1. The van der Waals surface area contributed by atoms with Crippen LogP contribution in [0.3, 0.4) is 0 Å². The zero-order valence-corrected chi connectivity index (χ0v) is 11.1. The molecule has 1 amide bonds. The molecule has 0 spiro atoms. The maximum Gasteiger partial charge on any atom is 0.264 e. The van der Waals surface area contributed by atoms with E-state index in [-0.39, 0.29) is 16.8 Å². The Morgan fingerprint density at radius 2 is 2.11 bits per heavy atom. The third-order valence-corrected chi connectivity index (χ3v) is 3.32. The number of benzene rings is 1. The zero-order chi connectivity index (χ0) is 14.0. The van der Waals surface area contributed by atoms with Crippen molar-refractivity contribution in [3.05, 3.63) is 22.6 Å². The molecule has 0 unspecified atom stereocenters. The Labute approximate surface area is 113 Å². The van der Waals surface area contributed by atoms with Crippen LogP contribution in [-0.2, 0) is 4.79 Å². The quantitative estimate of drug-likeness (QED) is 0.731. The highest BCUT2D eigenvalue weighted by atomic mass is 32.2. The van der Waals surface area contributed by atoms with E-state index in [0.717, 1.165) is 11.8 Å². The first kappa shape index (κ1) is 13.3. The van der Waals surface area contributed by atoms with Crippen LogP contribution in [0.1, 0.15) is 5.56 Å². The van der Waals surface area contributed by atoms with E-state index in [1.807, 2.05) is 0 Å². The smallest absolute Gasteiger partial charge is 0.264 e. The summed E-state index contributed by atoms with van der Waals surface area (Å²) >= 11 is 0.992. The summed E-state index contributed by atoms with van der Waals surface area (Å²) in [6.45, 7) is 0. The molecule has 0 aliphatic carbocycles. The molecule has 1 aliphatic heterocycles. The summed E-state index contributed by atoms with van der Waals surface area (Å²) in [7, 11) is 2.94. The summed E-state index contributed by atoms with van der Waals surface area (Å²) in [5.41, 5.74) is 0.371. The summed E-state index contributed by atoms with van der Waals surface area (Å²) in [4.78, 5) is 11.9. The third-order valence-electron chi connectivity index (χ3n) is 2.49. The number of methoxy groups -OCH3 is 2. The SMILES string of the molecule is COc1cc(O)c(/C=C2\SC(=N)NC2=O)c(OC)c1. The Morgan fingerprint density at radius 1 is 1.37 bits per heavy atom. The number of amides is 1. The number of phenols is 1. The lowest BCUT2D eigenvalue weighted by Crippen LogP contribution is -2.18. The minimum atomic E-state index is -0.368. The molecule has 0 bridgehead atoms. The largest absolute Gasteiger partial charge is 0.507 e. The molecule has 1 heterocycles. The highest BCUT2D eigenvalue weighted by Gasteiger charge is 2.23. The molecule has 1 aliphatic rings. The van der Waals surface area contributed by atoms with Gasteiger partial charge in [-0.05, 0) is 17.8 Å². The monoisotopic (exact) mass is 280 g/mol. The van der Waals surface area contributed by atoms with Gasteiger partial charge < -0.3 is 19.9 Å². The second-order valence-corrected chi connectivity index (χ2v) is 4.71. The second kappa shape index (κ2) is 5.23. The number of carbonyl (C=O) groups excluding carboxylic acids is 1. The number of aromatic hydroxyl groups is 1. The van der Waals surface area contributed by atoms with Crippen molar-refractivity contribution in [2.24, 2.45) is 0 Å². The number of hydrogen-bond donors (Lipinski definition) is 3. The molecule has 0 saturated carbocycles. The van der Waals surface area contributed by atoms with Crippen molar-refractivity contribution >= 4 is 28.9 Å². The van der Waals surface area contributed by atoms with Crippen molar-refractivity contribution in [2.45, 2.75) is 0 Å². The number of carbonyl (C=O) groups is 1. The van der Waals surface area contributed by atoms with Gasteiger partial charge in [0, 0.05) is 12.1 Å². The number of hydrogen-bond acceptors (Lipinski definition) is 6. The van der Waals surface area contributed by atoms with E-state index >= 15 is 0 Å². The van der Waals surface area contributed by atoms with Gasteiger partial charge in [-0.15, -0.1) is 0 Å². The van der Waals surface area contributed by atoms with E-state index in [4.69, 9.17) is 14.9 Å². The minimum Gasteiger partial charge on any atom is -0.507 e. The fraction of sp³-hybridized carbons (Fsp3) is 0.167. The summed E-state index contributed by atoms with van der Waals surface area (Å²) in [6.07, 6.45) is 1.48. The van der Waals surface area contributed by atoms with E-state index in [9.17, 15) is 9.90 Å². The zero-order valence-electron chi connectivity index (χ0n) is 10.3. The van der Waals surface area contributed by atoms with Gasteiger partial charge in [0.05, 0.1) is 24.7 Å². The number of ether oxygens (including phenoxy) is 2.